The van der Waals surface area contributed by atoms with Crippen LogP contribution in [0.15, 0.2) is 11.4 Å². The number of methoxy groups -OCH3 is 1. The third kappa shape index (κ3) is 2.07. The number of esters is 1. The Labute approximate surface area is 149 Å². The van der Waals surface area contributed by atoms with Crippen LogP contribution < -0.4 is 5.73 Å². The lowest BCUT2D eigenvalue weighted by molar-refractivity contribution is -0.0633. The minimum Gasteiger partial charge on any atom is -0.465 e. The first-order valence-corrected chi connectivity index (χ1v) is 9.73. The van der Waals surface area contributed by atoms with Crippen LogP contribution in [0.25, 0.3) is 5.69 Å². The molecule has 8 heteroatoms. The van der Waals surface area contributed by atoms with Gasteiger partial charge >= 0.3 is 5.97 Å². The van der Waals surface area contributed by atoms with Crippen LogP contribution in [0.2, 0.25) is 0 Å². The molecule has 6 rings (SSSR count). The maximum Gasteiger partial charge on any atom is 0.350 e. The van der Waals surface area contributed by atoms with Crippen molar-refractivity contribution in [1.29, 1.82) is 0 Å². The van der Waals surface area contributed by atoms with E-state index in [9.17, 15) is 4.79 Å². The highest BCUT2D eigenvalue weighted by Gasteiger charge is 2.58. The van der Waals surface area contributed by atoms with Gasteiger partial charge in [-0.1, -0.05) is 0 Å². The number of tetrazole rings is 1. The van der Waals surface area contributed by atoms with E-state index in [2.05, 4.69) is 15.5 Å². The Kier molecular flexibility index (Phi) is 3.31. The van der Waals surface area contributed by atoms with Crippen LogP contribution in [-0.4, -0.2) is 33.3 Å². The molecule has 0 aromatic carbocycles. The second kappa shape index (κ2) is 5.35. The smallest absolute Gasteiger partial charge is 0.350 e. The number of nitrogens with two attached hydrogens (primary N) is 1. The van der Waals surface area contributed by atoms with Crippen molar-refractivity contribution in [3.63, 3.8) is 0 Å². The third-order valence-electron chi connectivity index (χ3n) is 6.59. The number of hydrogen-bond acceptors (Lipinski definition) is 7. The molecule has 2 heterocycles. The zero-order valence-corrected chi connectivity index (χ0v) is 14.9. The molecule has 4 aliphatic rings. The van der Waals surface area contributed by atoms with E-state index >= 15 is 0 Å². The summed E-state index contributed by atoms with van der Waals surface area (Å²) in [5.74, 6) is 2.81. The number of nitrogens with zero attached hydrogens (tertiary/aromatic N) is 4. The van der Waals surface area contributed by atoms with Crippen LogP contribution in [-0.2, 0) is 10.3 Å². The summed E-state index contributed by atoms with van der Waals surface area (Å²) in [6.45, 7) is 0. The van der Waals surface area contributed by atoms with Gasteiger partial charge in [-0.05, 0) is 77.6 Å². The van der Waals surface area contributed by atoms with E-state index in [4.69, 9.17) is 10.5 Å². The van der Waals surface area contributed by atoms with Crippen molar-refractivity contribution in [3.05, 3.63) is 22.1 Å². The fraction of sp³-hybridized carbons (Fsp3) is 0.647. The second-order valence-electron chi connectivity index (χ2n) is 7.78. The predicted molar refractivity (Wildman–Crippen MR) is 91.3 cm³/mol. The average Bonchev–Trinajstić information content (AvgIpc) is 3.26. The van der Waals surface area contributed by atoms with Crippen molar-refractivity contribution in [2.75, 3.05) is 7.11 Å². The van der Waals surface area contributed by atoms with Crippen LogP contribution in [0.4, 0.5) is 0 Å². The monoisotopic (exact) mass is 359 g/mol. The van der Waals surface area contributed by atoms with E-state index in [1.54, 1.807) is 4.68 Å². The molecule has 7 nitrogen and oxygen atoms in total. The second-order valence-corrected chi connectivity index (χ2v) is 8.69. The molecule has 4 aliphatic carbocycles. The molecular formula is C17H21N5O2S. The predicted octanol–water partition coefficient (Wildman–Crippen LogP) is 2.12. The van der Waals surface area contributed by atoms with Crippen LogP contribution in [0, 0.1) is 23.7 Å². The van der Waals surface area contributed by atoms with Gasteiger partial charge in [-0.15, -0.1) is 16.4 Å². The van der Waals surface area contributed by atoms with Gasteiger partial charge in [0.05, 0.1) is 18.3 Å². The van der Waals surface area contributed by atoms with Crippen molar-refractivity contribution in [1.82, 2.24) is 20.2 Å². The third-order valence-corrected chi connectivity index (χ3v) is 7.47. The van der Waals surface area contributed by atoms with E-state index in [1.165, 1.54) is 50.6 Å². The summed E-state index contributed by atoms with van der Waals surface area (Å²) >= 11 is 1.33. The lowest BCUT2D eigenvalue weighted by Crippen LogP contribution is -2.61. The van der Waals surface area contributed by atoms with E-state index in [-0.39, 0.29) is 5.97 Å². The molecule has 4 fully saturated rings. The van der Waals surface area contributed by atoms with Gasteiger partial charge in [-0.25, -0.2) is 4.79 Å². The molecule has 0 aliphatic heterocycles. The van der Waals surface area contributed by atoms with Gasteiger partial charge in [0.25, 0.3) is 0 Å². The standard InChI is InChI=1S/C17H21N5O2S/c1-24-15(23)14-13(2-3-25-14)22-16(19-20-21-22)17(18)11-5-9-4-10(7-11)8-12(17)6-9/h2-3,9-12H,4-8,18H2,1H3. The van der Waals surface area contributed by atoms with Crippen molar-refractivity contribution in [2.24, 2.45) is 29.4 Å². The highest BCUT2D eigenvalue weighted by atomic mass is 32.1. The van der Waals surface area contributed by atoms with Crippen molar-refractivity contribution >= 4 is 17.3 Å². The summed E-state index contributed by atoms with van der Waals surface area (Å²) in [6.07, 6.45) is 6.05. The Morgan fingerprint density at radius 2 is 1.96 bits per heavy atom. The summed E-state index contributed by atoms with van der Waals surface area (Å²) in [7, 11) is 1.38. The molecule has 2 aromatic heterocycles. The number of carbonyl (C=O) groups excluding carboxylic acids is 1. The molecule has 0 amide bonds. The Morgan fingerprint density at radius 3 is 2.60 bits per heavy atom. The number of carbonyl (C=O) groups is 1. The minimum absolute atomic E-state index is 0.373. The molecule has 132 valence electrons. The first-order chi connectivity index (χ1) is 12.1. The SMILES string of the molecule is COC(=O)c1sccc1-n1nnnc1C1(N)C2CC3CC(C2)CC1C3. The fourth-order valence-corrected chi connectivity index (χ4v) is 6.45. The summed E-state index contributed by atoms with van der Waals surface area (Å²) < 4.78 is 6.57. The summed E-state index contributed by atoms with van der Waals surface area (Å²) in [5.41, 5.74) is 7.20. The van der Waals surface area contributed by atoms with E-state index in [0.29, 0.717) is 28.2 Å². The lowest BCUT2D eigenvalue weighted by Gasteiger charge is -2.58. The molecule has 0 spiro atoms. The molecule has 2 N–H and O–H groups in total. The summed E-state index contributed by atoms with van der Waals surface area (Å²) in [4.78, 5) is 12.6. The Bertz CT molecular complexity index is 801. The molecule has 0 radical (unpaired) electrons. The zero-order valence-electron chi connectivity index (χ0n) is 14.1. The molecule has 25 heavy (non-hydrogen) atoms. The topological polar surface area (TPSA) is 95.9 Å². The maximum atomic E-state index is 12.1. The van der Waals surface area contributed by atoms with Gasteiger partial charge in [0.2, 0.25) is 0 Å². The molecule has 0 atom stereocenters. The van der Waals surface area contributed by atoms with Gasteiger partial charge in [0, 0.05) is 0 Å². The fourth-order valence-electron chi connectivity index (χ4n) is 5.66. The minimum atomic E-state index is -0.508. The van der Waals surface area contributed by atoms with Crippen molar-refractivity contribution in [3.8, 4) is 5.69 Å². The first kappa shape index (κ1) is 15.5. The van der Waals surface area contributed by atoms with Crippen LogP contribution in [0.5, 0.6) is 0 Å². The van der Waals surface area contributed by atoms with Crippen molar-refractivity contribution in [2.45, 2.75) is 37.6 Å². The van der Waals surface area contributed by atoms with Gasteiger partial charge in [-0.3, -0.25) is 0 Å². The number of hydrogen-bond donors (Lipinski definition) is 1. The zero-order chi connectivity index (χ0) is 17.2. The summed E-state index contributed by atoms with van der Waals surface area (Å²) in [5, 5.41) is 14.3. The van der Waals surface area contributed by atoms with Gasteiger partial charge in [0.15, 0.2) is 5.82 Å². The quantitative estimate of drug-likeness (QED) is 0.843. The average molecular weight is 359 g/mol. The van der Waals surface area contributed by atoms with Crippen LogP contribution in [0.1, 0.15) is 47.6 Å². The molecule has 4 bridgehead atoms. The maximum absolute atomic E-state index is 12.1. The van der Waals surface area contributed by atoms with E-state index in [0.717, 1.165) is 11.8 Å². The highest BCUT2D eigenvalue weighted by molar-refractivity contribution is 7.12. The molecule has 2 aromatic rings. The molecule has 0 unspecified atom stereocenters. The van der Waals surface area contributed by atoms with E-state index < -0.39 is 5.54 Å². The van der Waals surface area contributed by atoms with Crippen LogP contribution >= 0.6 is 11.3 Å². The largest absolute Gasteiger partial charge is 0.465 e. The Balaban J connectivity index is 1.60. The van der Waals surface area contributed by atoms with Gasteiger partial charge in [-0.2, -0.15) is 4.68 Å². The van der Waals surface area contributed by atoms with Gasteiger partial charge in [0.1, 0.15) is 4.88 Å². The molecule has 0 saturated heterocycles. The van der Waals surface area contributed by atoms with Crippen molar-refractivity contribution < 1.29 is 9.53 Å². The first-order valence-electron chi connectivity index (χ1n) is 8.85. The Morgan fingerprint density at radius 1 is 1.28 bits per heavy atom. The van der Waals surface area contributed by atoms with Crippen LogP contribution in [0.3, 0.4) is 0 Å². The number of ether oxygens (including phenoxy) is 1. The summed E-state index contributed by atoms with van der Waals surface area (Å²) in [6, 6.07) is 1.86. The normalized spacial score (nSPS) is 35.9. The number of rotatable bonds is 3. The number of aromatic nitrogens is 4. The number of thiophene rings is 1. The van der Waals surface area contributed by atoms with Gasteiger partial charge < -0.3 is 10.5 Å². The molecule has 4 saturated carbocycles. The molecular weight excluding hydrogens is 338 g/mol. The Hall–Kier alpha value is -1.80. The highest BCUT2D eigenvalue weighted by Crippen LogP contribution is 2.60. The van der Waals surface area contributed by atoms with E-state index in [1.807, 2.05) is 11.4 Å². The lowest BCUT2D eigenvalue weighted by atomic mass is 9.48.